The molecule has 0 fully saturated rings. The van der Waals surface area contributed by atoms with Crippen LogP contribution in [0.3, 0.4) is 0 Å². The fraction of sp³-hybridized carbons (Fsp3) is 0.375. The van der Waals surface area contributed by atoms with Gasteiger partial charge in [0.1, 0.15) is 6.23 Å². The average Bonchev–Trinajstić information content (AvgIpc) is 3.13. The quantitative estimate of drug-likeness (QED) is 0.733. The van der Waals surface area contributed by atoms with Crippen LogP contribution in [-0.4, -0.2) is 22.3 Å². The molecule has 0 bridgehead atoms. The summed E-state index contributed by atoms with van der Waals surface area (Å²) in [5.41, 5.74) is 9.06. The minimum atomic E-state index is -0.895. The van der Waals surface area contributed by atoms with Crippen molar-refractivity contribution in [1.82, 2.24) is 9.88 Å². The molecule has 0 unspecified atom stereocenters. The summed E-state index contributed by atoms with van der Waals surface area (Å²) < 4.78 is 1.48. The van der Waals surface area contributed by atoms with E-state index in [4.69, 9.17) is 0 Å². The number of fused-ring (bicyclic) bond motifs is 2. The fourth-order valence-electron chi connectivity index (χ4n) is 4.61. The highest BCUT2D eigenvalue weighted by molar-refractivity contribution is 5.78. The Kier molecular flexibility index (Phi) is 4.86. The molecule has 28 heavy (non-hydrogen) atoms. The highest BCUT2D eigenvalue weighted by Gasteiger charge is 2.27. The van der Waals surface area contributed by atoms with Gasteiger partial charge in [-0.3, -0.25) is 9.36 Å². The van der Waals surface area contributed by atoms with Crippen molar-refractivity contribution in [1.29, 1.82) is 0 Å². The minimum absolute atomic E-state index is 0.180. The Morgan fingerprint density at radius 3 is 2.21 bits per heavy atom. The van der Waals surface area contributed by atoms with Crippen LogP contribution in [-0.2, 0) is 12.8 Å². The van der Waals surface area contributed by atoms with Crippen LogP contribution >= 0.6 is 0 Å². The van der Waals surface area contributed by atoms with E-state index in [1.165, 1.54) is 44.0 Å². The molecule has 0 aliphatic heterocycles. The number of aliphatic hydroxyl groups is 1. The molecule has 4 rings (SSSR count). The molecule has 2 aromatic carbocycles. The van der Waals surface area contributed by atoms with Gasteiger partial charge >= 0.3 is 0 Å². The molecular weight excluding hydrogens is 348 g/mol. The third-order valence-electron chi connectivity index (χ3n) is 6.58. The standard InChI is InChI=1S/C24H28N2O2/c1-14-15(2)17(4)21-12-19(11-20(21)16(14)3)25-13-24(28)26-22-8-6-5-7-18(22)9-10-23(26)27/h5-10,19,24-25,28H,11-13H2,1-4H3/t24-/m0/s1. The number of aliphatic hydroxyl groups excluding tert-OH is 1. The number of hydrogen-bond donors (Lipinski definition) is 2. The van der Waals surface area contributed by atoms with Crippen molar-refractivity contribution in [3.63, 3.8) is 0 Å². The van der Waals surface area contributed by atoms with Crippen molar-refractivity contribution in [3.8, 4) is 0 Å². The van der Waals surface area contributed by atoms with Crippen molar-refractivity contribution < 1.29 is 5.11 Å². The zero-order valence-corrected chi connectivity index (χ0v) is 17.0. The monoisotopic (exact) mass is 376 g/mol. The highest BCUT2D eigenvalue weighted by atomic mass is 16.3. The second-order valence-corrected chi connectivity index (χ2v) is 8.05. The lowest BCUT2D eigenvalue weighted by atomic mass is 9.90. The van der Waals surface area contributed by atoms with Gasteiger partial charge in [0.05, 0.1) is 5.52 Å². The van der Waals surface area contributed by atoms with E-state index in [0.717, 1.165) is 23.7 Å². The lowest BCUT2D eigenvalue weighted by Gasteiger charge is -2.20. The summed E-state index contributed by atoms with van der Waals surface area (Å²) in [4.78, 5) is 12.4. The van der Waals surface area contributed by atoms with Crippen molar-refractivity contribution >= 4 is 10.9 Å². The van der Waals surface area contributed by atoms with E-state index in [0.29, 0.717) is 6.54 Å². The van der Waals surface area contributed by atoms with Crippen LogP contribution in [0.1, 0.15) is 39.6 Å². The van der Waals surface area contributed by atoms with Crippen LogP contribution in [0.5, 0.6) is 0 Å². The average molecular weight is 377 g/mol. The Morgan fingerprint density at radius 1 is 0.964 bits per heavy atom. The summed E-state index contributed by atoms with van der Waals surface area (Å²) in [6, 6.07) is 11.3. The molecule has 4 nitrogen and oxygen atoms in total. The molecule has 146 valence electrons. The zero-order valence-electron chi connectivity index (χ0n) is 17.0. The summed E-state index contributed by atoms with van der Waals surface area (Å²) >= 11 is 0. The largest absolute Gasteiger partial charge is 0.372 e. The van der Waals surface area contributed by atoms with E-state index in [1.807, 2.05) is 24.3 Å². The number of aromatic nitrogens is 1. The first-order valence-electron chi connectivity index (χ1n) is 9.98. The topological polar surface area (TPSA) is 54.3 Å². The van der Waals surface area contributed by atoms with E-state index in [9.17, 15) is 9.90 Å². The molecule has 4 heteroatoms. The molecule has 1 atom stereocenters. The Hall–Kier alpha value is -2.43. The van der Waals surface area contributed by atoms with Gasteiger partial charge in [0.2, 0.25) is 0 Å². The summed E-state index contributed by atoms with van der Waals surface area (Å²) in [5, 5.41) is 15.2. The van der Waals surface area contributed by atoms with Gasteiger partial charge < -0.3 is 10.4 Å². The Bertz CT molecular complexity index is 1080. The van der Waals surface area contributed by atoms with Crippen LogP contribution in [0.25, 0.3) is 10.9 Å². The van der Waals surface area contributed by atoms with Crippen molar-refractivity contribution in [2.24, 2.45) is 0 Å². The zero-order chi connectivity index (χ0) is 20.0. The molecule has 0 amide bonds. The number of para-hydroxylation sites is 1. The van der Waals surface area contributed by atoms with E-state index >= 15 is 0 Å². The summed E-state index contributed by atoms with van der Waals surface area (Å²) in [5.74, 6) is 0. The predicted octanol–water partition coefficient (Wildman–Crippen LogP) is 3.48. The van der Waals surface area contributed by atoms with Crippen LogP contribution in [0.2, 0.25) is 0 Å². The van der Waals surface area contributed by atoms with Gasteiger partial charge in [0.15, 0.2) is 0 Å². The number of nitrogens with one attached hydrogen (secondary N) is 1. The van der Waals surface area contributed by atoms with Gasteiger partial charge in [0.25, 0.3) is 5.56 Å². The van der Waals surface area contributed by atoms with Crippen molar-refractivity contribution in [3.05, 3.63) is 80.1 Å². The molecule has 1 heterocycles. The Morgan fingerprint density at radius 2 is 1.57 bits per heavy atom. The second kappa shape index (κ2) is 7.19. The van der Waals surface area contributed by atoms with Gasteiger partial charge in [-0.05, 0) is 91.4 Å². The number of pyridine rings is 1. The lowest BCUT2D eigenvalue weighted by molar-refractivity contribution is 0.100. The van der Waals surface area contributed by atoms with Crippen molar-refractivity contribution in [2.75, 3.05) is 6.54 Å². The van der Waals surface area contributed by atoms with E-state index in [1.54, 1.807) is 6.07 Å². The lowest BCUT2D eigenvalue weighted by Crippen LogP contribution is -2.37. The van der Waals surface area contributed by atoms with Crippen LogP contribution in [0, 0.1) is 27.7 Å². The molecule has 1 aliphatic rings. The molecule has 0 saturated heterocycles. The van der Waals surface area contributed by atoms with Crippen LogP contribution < -0.4 is 10.9 Å². The number of hydrogen-bond acceptors (Lipinski definition) is 3. The first-order valence-corrected chi connectivity index (χ1v) is 9.98. The van der Waals surface area contributed by atoms with Gasteiger partial charge in [0, 0.05) is 18.7 Å². The van der Waals surface area contributed by atoms with E-state index in [2.05, 4.69) is 33.0 Å². The molecule has 2 N–H and O–H groups in total. The SMILES string of the molecule is Cc1c(C)c(C)c2c(c1C)CC(NC[C@H](O)n1c(=O)ccc3ccccc31)C2. The van der Waals surface area contributed by atoms with Gasteiger partial charge in [-0.25, -0.2) is 0 Å². The highest BCUT2D eigenvalue weighted by Crippen LogP contribution is 2.33. The summed E-state index contributed by atoms with van der Waals surface area (Å²) in [6.07, 6.45) is 1.05. The third kappa shape index (κ3) is 3.07. The molecule has 1 aromatic heterocycles. The van der Waals surface area contributed by atoms with Crippen LogP contribution in [0.4, 0.5) is 0 Å². The Balaban J connectivity index is 1.54. The summed E-state index contributed by atoms with van der Waals surface area (Å²) in [6.45, 7) is 9.19. The fourth-order valence-corrected chi connectivity index (χ4v) is 4.61. The van der Waals surface area contributed by atoms with E-state index in [-0.39, 0.29) is 11.6 Å². The smallest absolute Gasteiger partial charge is 0.253 e. The third-order valence-corrected chi connectivity index (χ3v) is 6.58. The predicted molar refractivity (Wildman–Crippen MR) is 114 cm³/mol. The van der Waals surface area contributed by atoms with Crippen LogP contribution in [0.15, 0.2) is 41.2 Å². The van der Waals surface area contributed by atoms with Crippen molar-refractivity contribution in [2.45, 2.75) is 52.8 Å². The maximum Gasteiger partial charge on any atom is 0.253 e. The molecule has 0 spiro atoms. The molecule has 1 aliphatic carbocycles. The first kappa shape index (κ1) is 18.9. The molecule has 0 radical (unpaired) electrons. The maximum atomic E-state index is 12.4. The molecule has 0 saturated carbocycles. The second-order valence-electron chi connectivity index (χ2n) is 8.05. The first-order chi connectivity index (χ1) is 13.4. The van der Waals surface area contributed by atoms with E-state index < -0.39 is 6.23 Å². The number of rotatable bonds is 4. The normalized spacial score (nSPS) is 15.2. The van der Waals surface area contributed by atoms with Gasteiger partial charge in [-0.1, -0.05) is 18.2 Å². The maximum absolute atomic E-state index is 12.4. The molecule has 3 aromatic rings. The van der Waals surface area contributed by atoms with Gasteiger partial charge in [-0.2, -0.15) is 0 Å². The van der Waals surface area contributed by atoms with Gasteiger partial charge in [-0.15, -0.1) is 0 Å². The Labute approximate surface area is 165 Å². The number of benzene rings is 2. The number of nitrogens with zero attached hydrogens (tertiary/aromatic N) is 1. The molecular formula is C24H28N2O2. The summed E-state index contributed by atoms with van der Waals surface area (Å²) in [7, 11) is 0. The minimum Gasteiger partial charge on any atom is -0.372 e.